The number of anilines is 1. The van der Waals surface area contributed by atoms with Gasteiger partial charge in [0.25, 0.3) is 0 Å². The Morgan fingerprint density at radius 2 is 1.97 bits per heavy atom. The van der Waals surface area contributed by atoms with E-state index in [4.69, 9.17) is 9.47 Å². The number of aliphatic imine (C=N–C) groups is 1. The highest BCUT2D eigenvalue weighted by atomic mass is 127. The van der Waals surface area contributed by atoms with Crippen molar-refractivity contribution < 1.29 is 23.4 Å². The molecule has 0 saturated heterocycles. The first-order valence-corrected chi connectivity index (χ1v) is 9.90. The zero-order chi connectivity index (χ0) is 21.2. The average Bonchev–Trinajstić information content (AvgIpc) is 2.98. The second-order valence-corrected chi connectivity index (χ2v) is 6.70. The molecule has 0 bridgehead atoms. The van der Waals surface area contributed by atoms with Gasteiger partial charge < -0.3 is 24.8 Å². The van der Waals surface area contributed by atoms with E-state index < -0.39 is 0 Å². The molecular formula is C22H27FIN3O4. The first kappa shape index (κ1) is 24.7. The summed E-state index contributed by atoms with van der Waals surface area (Å²) in [6.45, 7) is 2.04. The van der Waals surface area contributed by atoms with Gasteiger partial charge in [-0.3, -0.25) is 9.79 Å². The Morgan fingerprint density at radius 1 is 1.16 bits per heavy atom. The third kappa shape index (κ3) is 8.23. The van der Waals surface area contributed by atoms with E-state index in [2.05, 4.69) is 20.4 Å². The molecule has 0 aromatic heterocycles. The molecule has 0 fully saturated rings. The van der Waals surface area contributed by atoms with Crippen LogP contribution in [0.15, 0.2) is 47.5 Å². The number of guanidine groups is 1. The largest absolute Gasteiger partial charge is 0.490 e. The first-order chi connectivity index (χ1) is 14.6. The third-order valence-electron chi connectivity index (χ3n) is 4.42. The molecule has 0 aliphatic carbocycles. The molecule has 0 spiro atoms. The number of hydrogen-bond acceptors (Lipinski definition) is 5. The van der Waals surface area contributed by atoms with E-state index in [9.17, 15) is 9.18 Å². The molecule has 7 nitrogen and oxygen atoms in total. The molecule has 168 valence electrons. The van der Waals surface area contributed by atoms with Gasteiger partial charge in [-0.1, -0.05) is 12.1 Å². The summed E-state index contributed by atoms with van der Waals surface area (Å²) in [6.07, 6.45) is 1.63. The maximum Gasteiger partial charge on any atom is 0.307 e. The van der Waals surface area contributed by atoms with E-state index in [1.807, 2.05) is 24.3 Å². The van der Waals surface area contributed by atoms with Crippen LogP contribution in [0.1, 0.15) is 18.4 Å². The van der Waals surface area contributed by atoms with Gasteiger partial charge in [0.2, 0.25) is 0 Å². The standard InChI is InChI=1S/C22H26FN3O4.HI/c1-28-21(27)9-11-25-22(24-10-8-16-4-2-5-17(23)14-16)26-18-6-7-19-20(15-18)30-13-3-12-29-19;/h2,4-7,14-15H,3,8-13H2,1H3,(H2,24,25,26);1H. The number of esters is 1. The Balaban J connectivity index is 0.00000341. The number of ether oxygens (including phenoxy) is 3. The van der Waals surface area contributed by atoms with Crippen molar-refractivity contribution in [3.8, 4) is 11.5 Å². The number of nitrogens with zero attached hydrogens (tertiary/aromatic N) is 1. The molecule has 0 atom stereocenters. The van der Waals surface area contributed by atoms with E-state index in [-0.39, 0.29) is 48.7 Å². The lowest BCUT2D eigenvalue weighted by molar-refractivity contribution is -0.140. The van der Waals surface area contributed by atoms with Gasteiger partial charge >= 0.3 is 5.97 Å². The molecule has 0 saturated carbocycles. The number of rotatable bonds is 7. The minimum absolute atomic E-state index is 0. The number of benzene rings is 2. The summed E-state index contributed by atoms with van der Waals surface area (Å²) < 4.78 is 29.4. The van der Waals surface area contributed by atoms with E-state index >= 15 is 0 Å². The number of halogens is 2. The number of carbonyl (C=O) groups is 1. The third-order valence-corrected chi connectivity index (χ3v) is 4.42. The van der Waals surface area contributed by atoms with Crippen molar-refractivity contribution in [3.05, 3.63) is 53.8 Å². The van der Waals surface area contributed by atoms with Crippen LogP contribution in [0.5, 0.6) is 11.5 Å². The molecule has 2 N–H and O–H groups in total. The van der Waals surface area contributed by atoms with Crippen LogP contribution in [-0.2, 0) is 16.0 Å². The molecule has 0 amide bonds. The summed E-state index contributed by atoms with van der Waals surface area (Å²) in [7, 11) is 1.35. The van der Waals surface area contributed by atoms with E-state index in [1.165, 1.54) is 19.2 Å². The number of fused-ring (bicyclic) bond motifs is 1. The van der Waals surface area contributed by atoms with Gasteiger partial charge in [0, 0.05) is 24.7 Å². The molecular weight excluding hydrogens is 516 g/mol. The predicted octanol–water partition coefficient (Wildman–Crippen LogP) is 3.77. The van der Waals surface area contributed by atoms with E-state index in [1.54, 1.807) is 6.07 Å². The van der Waals surface area contributed by atoms with Gasteiger partial charge in [0.15, 0.2) is 17.5 Å². The fraction of sp³-hybridized carbons (Fsp3) is 0.364. The normalized spacial score (nSPS) is 12.9. The minimum atomic E-state index is -0.326. The Hall–Kier alpha value is -2.56. The summed E-state index contributed by atoms with van der Waals surface area (Å²) in [6, 6.07) is 12.1. The maximum absolute atomic E-state index is 13.4. The molecule has 2 aromatic rings. The maximum atomic E-state index is 13.4. The smallest absolute Gasteiger partial charge is 0.307 e. The zero-order valence-corrected chi connectivity index (χ0v) is 19.7. The fourth-order valence-electron chi connectivity index (χ4n) is 2.90. The highest BCUT2D eigenvalue weighted by Gasteiger charge is 2.11. The van der Waals surface area contributed by atoms with Crippen LogP contribution in [0.4, 0.5) is 10.1 Å². The Morgan fingerprint density at radius 3 is 2.74 bits per heavy atom. The topological polar surface area (TPSA) is 81.2 Å². The summed E-state index contributed by atoms with van der Waals surface area (Å²) in [5.41, 5.74) is 1.65. The van der Waals surface area contributed by atoms with Crippen molar-refractivity contribution in [1.29, 1.82) is 0 Å². The van der Waals surface area contributed by atoms with Gasteiger partial charge in [-0.05, 0) is 36.2 Å². The Labute approximate surface area is 198 Å². The molecule has 9 heteroatoms. The van der Waals surface area contributed by atoms with Crippen LogP contribution in [0, 0.1) is 5.82 Å². The average molecular weight is 543 g/mol. The minimum Gasteiger partial charge on any atom is -0.490 e. The summed E-state index contributed by atoms with van der Waals surface area (Å²) in [4.78, 5) is 15.8. The quantitative estimate of drug-likeness (QED) is 0.240. The van der Waals surface area contributed by atoms with Gasteiger partial charge in [-0.15, -0.1) is 24.0 Å². The molecule has 0 unspecified atom stereocenters. The van der Waals surface area contributed by atoms with Crippen LogP contribution < -0.4 is 20.1 Å². The predicted molar refractivity (Wildman–Crippen MR) is 128 cm³/mol. The highest BCUT2D eigenvalue weighted by Crippen LogP contribution is 2.32. The van der Waals surface area contributed by atoms with Gasteiger partial charge in [-0.25, -0.2) is 4.39 Å². The van der Waals surface area contributed by atoms with Crippen molar-refractivity contribution in [1.82, 2.24) is 5.32 Å². The molecule has 2 aromatic carbocycles. The molecule has 1 aliphatic heterocycles. The van der Waals surface area contributed by atoms with Crippen molar-refractivity contribution in [2.75, 3.05) is 38.7 Å². The van der Waals surface area contributed by atoms with Crippen molar-refractivity contribution >= 4 is 41.6 Å². The first-order valence-electron chi connectivity index (χ1n) is 9.90. The Kier molecular flexibility index (Phi) is 10.3. The number of hydrogen-bond donors (Lipinski definition) is 2. The van der Waals surface area contributed by atoms with Gasteiger partial charge in [0.05, 0.1) is 33.3 Å². The van der Waals surface area contributed by atoms with Crippen LogP contribution in [0.25, 0.3) is 0 Å². The lowest BCUT2D eigenvalue weighted by Crippen LogP contribution is -2.32. The number of methoxy groups -OCH3 is 1. The SMILES string of the molecule is COC(=O)CCN=C(NCCc1cccc(F)c1)Nc1ccc2c(c1)OCCCO2.I. The molecule has 1 heterocycles. The van der Waals surface area contributed by atoms with E-state index in [0.717, 1.165) is 17.7 Å². The summed E-state index contributed by atoms with van der Waals surface area (Å²) in [5, 5.41) is 6.43. The van der Waals surface area contributed by atoms with Crippen LogP contribution in [-0.4, -0.2) is 45.3 Å². The van der Waals surface area contributed by atoms with Crippen molar-refractivity contribution in [3.63, 3.8) is 0 Å². The van der Waals surface area contributed by atoms with Crippen LogP contribution in [0.3, 0.4) is 0 Å². The van der Waals surface area contributed by atoms with Gasteiger partial charge in [0.1, 0.15) is 5.82 Å². The van der Waals surface area contributed by atoms with Crippen LogP contribution >= 0.6 is 24.0 Å². The number of carbonyl (C=O) groups excluding carboxylic acids is 1. The summed E-state index contributed by atoms with van der Waals surface area (Å²) in [5.74, 6) is 1.30. The van der Waals surface area contributed by atoms with E-state index in [0.29, 0.717) is 43.6 Å². The van der Waals surface area contributed by atoms with Crippen molar-refractivity contribution in [2.24, 2.45) is 4.99 Å². The molecule has 0 radical (unpaired) electrons. The van der Waals surface area contributed by atoms with Crippen molar-refractivity contribution in [2.45, 2.75) is 19.3 Å². The highest BCUT2D eigenvalue weighted by molar-refractivity contribution is 14.0. The molecule has 31 heavy (non-hydrogen) atoms. The molecule has 1 aliphatic rings. The second-order valence-electron chi connectivity index (χ2n) is 6.70. The van der Waals surface area contributed by atoms with Crippen LogP contribution in [0.2, 0.25) is 0 Å². The Bertz CT molecular complexity index is 895. The van der Waals surface area contributed by atoms with Gasteiger partial charge in [-0.2, -0.15) is 0 Å². The summed E-state index contributed by atoms with van der Waals surface area (Å²) >= 11 is 0. The lowest BCUT2D eigenvalue weighted by atomic mass is 10.1. The lowest BCUT2D eigenvalue weighted by Gasteiger charge is -2.14. The zero-order valence-electron chi connectivity index (χ0n) is 17.4. The monoisotopic (exact) mass is 543 g/mol. The second kappa shape index (κ2) is 13.0. The molecule has 3 rings (SSSR count). The number of nitrogens with one attached hydrogen (secondary N) is 2. The fourth-order valence-corrected chi connectivity index (χ4v) is 2.90.